The Morgan fingerprint density at radius 3 is 2.39 bits per heavy atom. The third kappa shape index (κ3) is 5.20. The van der Waals surface area contributed by atoms with Gasteiger partial charge in [0.2, 0.25) is 0 Å². The normalized spacial score (nSPS) is 15.0. The van der Waals surface area contributed by atoms with E-state index in [1.54, 1.807) is 19.1 Å². The first kappa shape index (κ1) is 22.3. The topological polar surface area (TPSA) is 91.9 Å². The monoisotopic (exact) mass is 426 g/mol. The highest BCUT2D eigenvalue weighted by Crippen LogP contribution is 2.38. The molecule has 0 aromatic heterocycles. The molecule has 2 aromatic carbocycles. The van der Waals surface area contributed by atoms with E-state index in [2.05, 4.69) is 16.0 Å². The quantitative estimate of drug-likeness (QED) is 0.660. The van der Waals surface area contributed by atoms with Crippen LogP contribution >= 0.6 is 0 Å². The van der Waals surface area contributed by atoms with Crippen molar-refractivity contribution >= 4 is 17.7 Å². The Morgan fingerprint density at radius 2 is 1.74 bits per heavy atom. The third-order valence-corrected chi connectivity index (χ3v) is 5.36. The van der Waals surface area contributed by atoms with Crippen molar-refractivity contribution in [2.75, 3.05) is 39.2 Å². The number of benzene rings is 2. The maximum atomic E-state index is 13.2. The van der Waals surface area contributed by atoms with Crippen molar-refractivity contribution < 1.29 is 19.1 Å². The van der Waals surface area contributed by atoms with Gasteiger partial charge in [0.1, 0.15) is 0 Å². The molecule has 8 nitrogen and oxygen atoms in total. The van der Waals surface area contributed by atoms with Crippen molar-refractivity contribution in [2.24, 2.45) is 0 Å². The standard InChI is InChI=1S/C23H30N4O4/c1-5-24-22(28)25-14-19-18-13-21(31-4)20(30-3)12-16(18)10-11-27(19)23(29)26-17-8-6-15(2)7-9-17/h6-9,12-13,19H,5,10-11,14H2,1-4H3,(H,26,29)(H2,24,25,28)/t19-/m0/s1. The van der Waals surface area contributed by atoms with E-state index in [-0.39, 0.29) is 24.6 Å². The smallest absolute Gasteiger partial charge is 0.322 e. The van der Waals surface area contributed by atoms with Crippen molar-refractivity contribution in [3.63, 3.8) is 0 Å². The average Bonchev–Trinajstić information content (AvgIpc) is 2.77. The van der Waals surface area contributed by atoms with E-state index < -0.39 is 0 Å². The molecule has 0 saturated heterocycles. The van der Waals surface area contributed by atoms with E-state index in [1.807, 2.05) is 50.2 Å². The summed E-state index contributed by atoms with van der Waals surface area (Å²) in [5, 5.41) is 8.56. The maximum Gasteiger partial charge on any atom is 0.322 e. The van der Waals surface area contributed by atoms with Gasteiger partial charge in [-0.1, -0.05) is 17.7 Å². The number of fused-ring (bicyclic) bond motifs is 1. The molecule has 0 bridgehead atoms. The number of aryl methyl sites for hydroxylation is 1. The van der Waals surface area contributed by atoms with Crippen LogP contribution in [0.4, 0.5) is 15.3 Å². The Bertz CT molecular complexity index is 930. The van der Waals surface area contributed by atoms with Crippen LogP contribution in [0.15, 0.2) is 36.4 Å². The van der Waals surface area contributed by atoms with E-state index in [1.165, 1.54) is 0 Å². The average molecular weight is 427 g/mol. The van der Waals surface area contributed by atoms with Gasteiger partial charge in [0.05, 0.1) is 20.3 Å². The van der Waals surface area contributed by atoms with Crippen LogP contribution in [0.2, 0.25) is 0 Å². The number of methoxy groups -OCH3 is 2. The van der Waals surface area contributed by atoms with Crippen molar-refractivity contribution in [3.8, 4) is 11.5 Å². The molecule has 166 valence electrons. The highest BCUT2D eigenvalue weighted by atomic mass is 16.5. The van der Waals surface area contributed by atoms with Crippen LogP contribution in [0.3, 0.4) is 0 Å². The Hall–Kier alpha value is -3.42. The molecule has 1 atom stereocenters. The lowest BCUT2D eigenvalue weighted by atomic mass is 9.92. The second-order valence-corrected chi connectivity index (χ2v) is 7.40. The summed E-state index contributed by atoms with van der Waals surface area (Å²) in [6, 6.07) is 10.7. The lowest BCUT2D eigenvalue weighted by molar-refractivity contribution is 0.179. The molecular weight excluding hydrogens is 396 g/mol. The Kier molecular flexibility index (Phi) is 7.23. The number of hydrogen-bond donors (Lipinski definition) is 3. The van der Waals surface area contributed by atoms with Gasteiger partial charge in [-0.05, 0) is 55.7 Å². The van der Waals surface area contributed by atoms with Crippen molar-refractivity contribution in [1.82, 2.24) is 15.5 Å². The zero-order valence-electron chi connectivity index (χ0n) is 18.5. The molecule has 1 aliphatic rings. The summed E-state index contributed by atoms with van der Waals surface area (Å²) >= 11 is 0. The van der Waals surface area contributed by atoms with Gasteiger partial charge in [-0.2, -0.15) is 0 Å². The number of carbonyl (C=O) groups excluding carboxylic acids is 2. The zero-order chi connectivity index (χ0) is 22.4. The number of nitrogens with zero attached hydrogens (tertiary/aromatic N) is 1. The summed E-state index contributed by atoms with van der Waals surface area (Å²) in [4.78, 5) is 26.9. The van der Waals surface area contributed by atoms with Crippen LogP contribution in [-0.2, 0) is 6.42 Å². The summed E-state index contributed by atoms with van der Waals surface area (Å²) in [6.07, 6.45) is 0.675. The van der Waals surface area contributed by atoms with Crippen LogP contribution < -0.4 is 25.4 Å². The van der Waals surface area contributed by atoms with Crippen LogP contribution in [0.5, 0.6) is 11.5 Å². The van der Waals surface area contributed by atoms with Crippen molar-refractivity contribution in [1.29, 1.82) is 0 Å². The molecule has 0 unspecified atom stereocenters. The number of anilines is 1. The van der Waals surface area contributed by atoms with E-state index in [0.717, 1.165) is 22.4 Å². The molecule has 0 spiro atoms. The summed E-state index contributed by atoms with van der Waals surface area (Å²) in [6.45, 7) is 5.17. The summed E-state index contributed by atoms with van der Waals surface area (Å²) in [5.41, 5.74) is 3.85. The molecular formula is C23H30N4O4. The second-order valence-electron chi connectivity index (χ2n) is 7.40. The molecule has 0 saturated carbocycles. The lowest BCUT2D eigenvalue weighted by Crippen LogP contribution is -2.48. The molecule has 8 heteroatoms. The fourth-order valence-electron chi connectivity index (χ4n) is 3.74. The minimum Gasteiger partial charge on any atom is -0.493 e. The van der Waals surface area contributed by atoms with Gasteiger partial charge in [0.15, 0.2) is 11.5 Å². The SMILES string of the molecule is CCNC(=O)NC[C@H]1c2cc(OC)c(OC)cc2CCN1C(=O)Nc1ccc(C)cc1. The van der Waals surface area contributed by atoms with Gasteiger partial charge < -0.3 is 30.3 Å². The first-order valence-corrected chi connectivity index (χ1v) is 10.4. The molecule has 1 heterocycles. The number of nitrogens with one attached hydrogen (secondary N) is 3. The van der Waals surface area contributed by atoms with E-state index >= 15 is 0 Å². The van der Waals surface area contributed by atoms with Crippen molar-refractivity contribution in [2.45, 2.75) is 26.3 Å². The van der Waals surface area contributed by atoms with Crippen LogP contribution in [0.1, 0.15) is 29.7 Å². The first-order valence-electron chi connectivity index (χ1n) is 10.4. The van der Waals surface area contributed by atoms with E-state index in [9.17, 15) is 9.59 Å². The molecule has 2 aromatic rings. The first-order chi connectivity index (χ1) is 15.0. The fraction of sp³-hybridized carbons (Fsp3) is 0.391. The largest absolute Gasteiger partial charge is 0.493 e. The Morgan fingerprint density at radius 1 is 1.06 bits per heavy atom. The minimum atomic E-state index is -0.350. The van der Waals surface area contributed by atoms with Crippen LogP contribution in [-0.4, -0.2) is 50.8 Å². The number of carbonyl (C=O) groups is 2. The highest BCUT2D eigenvalue weighted by Gasteiger charge is 2.32. The molecule has 1 aliphatic heterocycles. The minimum absolute atomic E-state index is 0.216. The number of amides is 4. The van der Waals surface area contributed by atoms with E-state index in [0.29, 0.717) is 31.0 Å². The predicted octanol–water partition coefficient (Wildman–Crippen LogP) is 3.46. The predicted molar refractivity (Wildman–Crippen MR) is 120 cm³/mol. The third-order valence-electron chi connectivity index (χ3n) is 5.36. The van der Waals surface area contributed by atoms with Gasteiger partial charge in [0, 0.05) is 25.3 Å². The van der Waals surface area contributed by atoms with E-state index in [4.69, 9.17) is 9.47 Å². The highest BCUT2D eigenvalue weighted by molar-refractivity contribution is 5.90. The molecule has 3 N–H and O–H groups in total. The fourth-order valence-corrected chi connectivity index (χ4v) is 3.74. The summed E-state index contributed by atoms with van der Waals surface area (Å²) < 4.78 is 10.9. The van der Waals surface area contributed by atoms with Gasteiger partial charge in [0.25, 0.3) is 0 Å². The number of ether oxygens (including phenoxy) is 2. The molecule has 0 radical (unpaired) electrons. The zero-order valence-corrected chi connectivity index (χ0v) is 18.5. The molecule has 4 amide bonds. The Labute approximate surface area is 182 Å². The number of rotatable bonds is 6. The van der Waals surface area contributed by atoms with Crippen LogP contribution in [0, 0.1) is 6.92 Å². The molecule has 3 rings (SSSR count). The maximum absolute atomic E-state index is 13.2. The molecule has 31 heavy (non-hydrogen) atoms. The lowest BCUT2D eigenvalue weighted by Gasteiger charge is -2.37. The summed E-state index contributed by atoms with van der Waals surface area (Å²) in [7, 11) is 3.18. The summed E-state index contributed by atoms with van der Waals surface area (Å²) in [5.74, 6) is 1.24. The Balaban J connectivity index is 1.89. The van der Waals surface area contributed by atoms with Gasteiger partial charge >= 0.3 is 12.1 Å². The van der Waals surface area contributed by atoms with Crippen molar-refractivity contribution in [3.05, 3.63) is 53.1 Å². The molecule has 0 fully saturated rings. The number of urea groups is 2. The molecule has 0 aliphatic carbocycles. The van der Waals surface area contributed by atoms with Crippen LogP contribution in [0.25, 0.3) is 0 Å². The van der Waals surface area contributed by atoms with Gasteiger partial charge in [-0.25, -0.2) is 9.59 Å². The number of hydrogen-bond acceptors (Lipinski definition) is 4. The van der Waals surface area contributed by atoms with Gasteiger partial charge in [-0.15, -0.1) is 0 Å². The second kappa shape index (κ2) is 10.1. The van der Waals surface area contributed by atoms with Gasteiger partial charge in [-0.3, -0.25) is 0 Å².